The van der Waals surface area contributed by atoms with Gasteiger partial charge < -0.3 is 14.6 Å². The molecule has 172 valence electrons. The molecule has 9 heteroatoms. The Morgan fingerprint density at radius 1 is 1.15 bits per heavy atom. The third-order valence-electron chi connectivity index (χ3n) is 5.15. The van der Waals surface area contributed by atoms with E-state index < -0.39 is 22.9 Å². The molecule has 0 atom stereocenters. The Kier molecular flexibility index (Phi) is 6.43. The van der Waals surface area contributed by atoms with Crippen LogP contribution in [0.4, 0.5) is 10.1 Å². The van der Waals surface area contributed by atoms with E-state index in [1.54, 1.807) is 37.3 Å². The number of nitrogens with one attached hydrogen (secondary N) is 1. The molecule has 34 heavy (non-hydrogen) atoms. The van der Waals surface area contributed by atoms with Crippen molar-refractivity contribution in [3.8, 4) is 5.75 Å². The second kappa shape index (κ2) is 9.44. The molecule has 1 N–H and O–H groups in total. The number of nitrogens with zero attached hydrogens (tertiary/aromatic N) is 2. The van der Waals surface area contributed by atoms with Crippen LogP contribution < -0.4 is 15.5 Å². The Balaban J connectivity index is 1.75. The van der Waals surface area contributed by atoms with Crippen molar-refractivity contribution in [1.82, 2.24) is 9.55 Å². The molecular weight excluding hydrogens is 461 g/mol. The molecule has 1 amide bonds. The van der Waals surface area contributed by atoms with Gasteiger partial charge in [-0.15, -0.1) is 0 Å². The number of benzene rings is 2. The van der Waals surface area contributed by atoms with E-state index in [1.807, 2.05) is 0 Å². The van der Waals surface area contributed by atoms with E-state index in [4.69, 9.17) is 16.3 Å². The molecule has 0 aliphatic heterocycles. The third-order valence-corrected chi connectivity index (χ3v) is 5.44. The summed E-state index contributed by atoms with van der Waals surface area (Å²) in [4.78, 5) is 43.5. The predicted molar refractivity (Wildman–Crippen MR) is 127 cm³/mol. The minimum absolute atomic E-state index is 0.107. The van der Waals surface area contributed by atoms with Crippen molar-refractivity contribution < 1.29 is 18.7 Å². The first-order chi connectivity index (χ1) is 16.3. The van der Waals surface area contributed by atoms with Crippen LogP contribution in [-0.2, 0) is 11.3 Å². The molecule has 0 radical (unpaired) electrons. The van der Waals surface area contributed by atoms with Crippen molar-refractivity contribution in [2.45, 2.75) is 13.5 Å². The molecule has 2 heterocycles. The predicted octanol–water partition coefficient (Wildman–Crippen LogP) is 4.38. The summed E-state index contributed by atoms with van der Waals surface area (Å²) in [5.41, 5.74) is 0.880. The molecule has 0 spiro atoms. The zero-order valence-electron chi connectivity index (χ0n) is 18.3. The van der Waals surface area contributed by atoms with Gasteiger partial charge in [-0.3, -0.25) is 14.4 Å². The topological polar surface area (TPSA) is 90.3 Å². The van der Waals surface area contributed by atoms with Gasteiger partial charge in [0.05, 0.1) is 23.1 Å². The fraction of sp³-hybridized carbons (Fsp3) is 0.120. The van der Waals surface area contributed by atoms with Crippen molar-refractivity contribution in [2.24, 2.45) is 0 Å². The number of aromatic nitrogens is 2. The smallest absolute Gasteiger partial charge is 0.244 e. The zero-order valence-corrected chi connectivity index (χ0v) is 19.0. The standard InChI is InChI=1S/C25H19ClFN3O4/c1-14-6-8-18-24(33)19(23(32)15-4-3-5-17(10-15)34-2)12-30(25(18)28-14)13-22(31)29-16-7-9-21(27)20(26)11-16/h3-12H,13H2,1-2H3,(H,29,31). The number of carbonyl (C=O) groups excluding carboxylic acids is 2. The second-order valence-corrected chi connectivity index (χ2v) is 7.97. The van der Waals surface area contributed by atoms with Crippen LogP contribution in [0.1, 0.15) is 21.6 Å². The Morgan fingerprint density at radius 2 is 1.94 bits per heavy atom. The van der Waals surface area contributed by atoms with Gasteiger partial charge in [0, 0.05) is 23.1 Å². The van der Waals surface area contributed by atoms with Crippen molar-refractivity contribution in [1.29, 1.82) is 0 Å². The first kappa shape index (κ1) is 23.1. The summed E-state index contributed by atoms with van der Waals surface area (Å²) >= 11 is 5.78. The monoisotopic (exact) mass is 479 g/mol. The number of rotatable bonds is 6. The molecule has 7 nitrogen and oxygen atoms in total. The number of hydrogen-bond acceptors (Lipinski definition) is 5. The van der Waals surface area contributed by atoms with Crippen molar-refractivity contribution >= 4 is 40.0 Å². The summed E-state index contributed by atoms with van der Waals surface area (Å²) in [6, 6.07) is 13.5. The van der Waals surface area contributed by atoms with Crippen LogP contribution in [0.2, 0.25) is 5.02 Å². The van der Waals surface area contributed by atoms with Crippen LogP contribution in [0.3, 0.4) is 0 Å². The molecule has 0 saturated heterocycles. The maximum Gasteiger partial charge on any atom is 0.244 e. The van der Waals surface area contributed by atoms with E-state index in [0.717, 1.165) is 6.07 Å². The summed E-state index contributed by atoms with van der Waals surface area (Å²) in [5, 5.41) is 2.71. The number of methoxy groups -OCH3 is 1. The van der Waals surface area contributed by atoms with Gasteiger partial charge in [0.25, 0.3) is 0 Å². The van der Waals surface area contributed by atoms with Crippen LogP contribution in [0.5, 0.6) is 5.75 Å². The lowest BCUT2D eigenvalue weighted by Gasteiger charge is -2.13. The van der Waals surface area contributed by atoms with Crippen LogP contribution in [-0.4, -0.2) is 28.4 Å². The number of pyridine rings is 2. The maximum absolute atomic E-state index is 13.4. The third kappa shape index (κ3) is 4.67. The fourth-order valence-electron chi connectivity index (χ4n) is 3.49. The number of ketones is 1. The maximum atomic E-state index is 13.4. The van der Waals surface area contributed by atoms with E-state index in [9.17, 15) is 18.8 Å². The van der Waals surface area contributed by atoms with Gasteiger partial charge in [0.1, 0.15) is 23.8 Å². The number of ether oxygens (including phenoxy) is 1. The Hall–Kier alpha value is -4.04. The largest absolute Gasteiger partial charge is 0.497 e. The molecule has 2 aromatic carbocycles. The van der Waals surface area contributed by atoms with Crippen LogP contribution in [0.15, 0.2) is 65.6 Å². The number of aryl methyl sites for hydroxylation is 1. The highest BCUT2D eigenvalue weighted by Gasteiger charge is 2.19. The number of halogens is 2. The molecule has 0 bridgehead atoms. The number of hydrogen-bond donors (Lipinski definition) is 1. The molecule has 0 aliphatic carbocycles. The van der Waals surface area contributed by atoms with Gasteiger partial charge >= 0.3 is 0 Å². The van der Waals surface area contributed by atoms with Gasteiger partial charge in [-0.2, -0.15) is 0 Å². The van der Waals surface area contributed by atoms with Crippen LogP contribution in [0.25, 0.3) is 11.0 Å². The fourth-order valence-corrected chi connectivity index (χ4v) is 3.67. The quantitative estimate of drug-likeness (QED) is 0.414. The highest BCUT2D eigenvalue weighted by molar-refractivity contribution is 6.31. The first-order valence-corrected chi connectivity index (χ1v) is 10.6. The van der Waals surface area contributed by atoms with E-state index in [-0.39, 0.29) is 33.7 Å². The first-order valence-electron chi connectivity index (χ1n) is 10.2. The summed E-state index contributed by atoms with van der Waals surface area (Å²) in [7, 11) is 1.48. The SMILES string of the molecule is COc1cccc(C(=O)c2cn(CC(=O)Nc3ccc(F)c(Cl)c3)c3nc(C)ccc3c2=O)c1. The number of fused-ring (bicyclic) bond motifs is 1. The van der Waals surface area contributed by atoms with E-state index in [1.165, 1.54) is 36.1 Å². The van der Waals surface area contributed by atoms with Crippen molar-refractivity contribution in [2.75, 3.05) is 12.4 Å². The van der Waals surface area contributed by atoms with E-state index in [2.05, 4.69) is 10.3 Å². The summed E-state index contributed by atoms with van der Waals surface area (Å²) in [6.07, 6.45) is 1.33. The molecular formula is C25H19ClFN3O4. The minimum atomic E-state index is -0.605. The minimum Gasteiger partial charge on any atom is -0.497 e. The summed E-state index contributed by atoms with van der Waals surface area (Å²) in [6.45, 7) is 1.50. The Labute approximate surface area is 198 Å². The lowest BCUT2D eigenvalue weighted by molar-refractivity contribution is -0.116. The van der Waals surface area contributed by atoms with Gasteiger partial charge in [0.15, 0.2) is 5.78 Å². The molecule has 2 aromatic heterocycles. The van der Waals surface area contributed by atoms with Crippen LogP contribution >= 0.6 is 11.6 Å². The highest BCUT2D eigenvalue weighted by atomic mass is 35.5. The Bertz CT molecular complexity index is 1500. The van der Waals surface area contributed by atoms with Gasteiger partial charge in [0.2, 0.25) is 11.3 Å². The van der Waals surface area contributed by atoms with Crippen molar-refractivity contribution in [3.63, 3.8) is 0 Å². The normalized spacial score (nSPS) is 10.8. The molecule has 0 fully saturated rings. The lowest BCUT2D eigenvalue weighted by Crippen LogP contribution is -2.25. The molecule has 4 aromatic rings. The summed E-state index contributed by atoms with van der Waals surface area (Å²) in [5.74, 6) is -1.12. The van der Waals surface area contributed by atoms with Gasteiger partial charge in [-0.05, 0) is 49.4 Å². The van der Waals surface area contributed by atoms with Crippen LogP contribution in [0, 0.1) is 12.7 Å². The highest BCUT2D eigenvalue weighted by Crippen LogP contribution is 2.20. The van der Waals surface area contributed by atoms with Gasteiger partial charge in [-0.1, -0.05) is 23.7 Å². The molecule has 0 aliphatic rings. The summed E-state index contributed by atoms with van der Waals surface area (Å²) < 4.78 is 20.0. The van der Waals surface area contributed by atoms with E-state index >= 15 is 0 Å². The van der Waals surface area contributed by atoms with Gasteiger partial charge in [-0.25, -0.2) is 9.37 Å². The average molecular weight is 480 g/mol. The lowest BCUT2D eigenvalue weighted by atomic mass is 10.0. The zero-order chi connectivity index (χ0) is 24.4. The molecule has 0 unspecified atom stereocenters. The second-order valence-electron chi connectivity index (χ2n) is 7.56. The Morgan fingerprint density at radius 3 is 2.68 bits per heavy atom. The number of amides is 1. The van der Waals surface area contributed by atoms with E-state index in [0.29, 0.717) is 17.1 Å². The molecule has 0 saturated carbocycles. The van der Waals surface area contributed by atoms with Crippen molar-refractivity contribution in [3.05, 3.63) is 98.7 Å². The number of anilines is 1. The average Bonchev–Trinajstić information content (AvgIpc) is 2.82. The molecule has 4 rings (SSSR count). The number of carbonyl (C=O) groups is 2.